The van der Waals surface area contributed by atoms with Crippen molar-refractivity contribution in [3.63, 3.8) is 0 Å². The Morgan fingerprint density at radius 2 is 1.92 bits per heavy atom. The topological polar surface area (TPSA) is 77.2 Å². The van der Waals surface area contributed by atoms with Gasteiger partial charge in [0.05, 0.1) is 12.8 Å². The number of sulfonamides is 1. The van der Waals surface area contributed by atoms with Gasteiger partial charge >= 0.3 is 5.69 Å². The summed E-state index contributed by atoms with van der Waals surface area (Å²) in [7, 11) is -1.52. The molecule has 0 radical (unpaired) electrons. The van der Waals surface area contributed by atoms with Crippen molar-refractivity contribution >= 4 is 10.0 Å². The first-order valence-electron chi connectivity index (χ1n) is 8.40. The Labute approximate surface area is 147 Å². The summed E-state index contributed by atoms with van der Waals surface area (Å²) in [6.07, 6.45) is 2.84. The van der Waals surface area contributed by atoms with Gasteiger partial charge in [0.15, 0.2) is 0 Å². The van der Waals surface area contributed by atoms with E-state index in [9.17, 15) is 13.2 Å². The minimum atomic E-state index is -3.22. The van der Waals surface area contributed by atoms with E-state index < -0.39 is 10.0 Å². The maximum absolute atomic E-state index is 12.5. The average Bonchev–Trinajstić information content (AvgIpc) is 2.85. The second kappa shape index (κ2) is 6.76. The van der Waals surface area contributed by atoms with Crippen LogP contribution < -0.4 is 5.69 Å². The van der Waals surface area contributed by atoms with Gasteiger partial charge in [-0.2, -0.15) is 5.10 Å². The van der Waals surface area contributed by atoms with Gasteiger partial charge in [0, 0.05) is 26.1 Å². The molecule has 1 atom stereocenters. The molecule has 0 bridgehead atoms. The average molecular weight is 364 g/mol. The molecule has 0 aliphatic carbocycles. The standard InChI is InChI=1S/C17H24N4O3S/c1-13-6-8-14(9-7-13)11-21-17(22)19(2)16(18-21)15-5-4-10-20(12-15)25(3,23)24/h6-9,15H,4-5,10-12H2,1-3H3. The third kappa shape index (κ3) is 3.85. The molecule has 0 N–H and O–H groups in total. The van der Waals surface area contributed by atoms with E-state index in [1.807, 2.05) is 31.2 Å². The van der Waals surface area contributed by atoms with Gasteiger partial charge in [-0.05, 0) is 25.3 Å². The van der Waals surface area contributed by atoms with Crippen molar-refractivity contribution < 1.29 is 8.42 Å². The van der Waals surface area contributed by atoms with Gasteiger partial charge in [-0.1, -0.05) is 29.8 Å². The van der Waals surface area contributed by atoms with Crippen LogP contribution in [-0.2, 0) is 23.6 Å². The Kier molecular flexibility index (Phi) is 4.83. The first-order chi connectivity index (χ1) is 11.8. The third-order valence-corrected chi connectivity index (χ3v) is 6.02. The summed E-state index contributed by atoms with van der Waals surface area (Å²) in [6.45, 7) is 3.35. The van der Waals surface area contributed by atoms with Gasteiger partial charge in [0.2, 0.25) is 10.0 Å². The lowest BCUT2D eigenvalue weighted by Gasteiger charge is -2.30. The zero-order valence-corrected chi connectivity index (χ0v) is 15.7. The number of aromatic nitrogens is 3. The Bertz CT molecular complexity index is 912. The molecule has 136 valence electrons. The van der Waals surface area contributed by atoms with Crippen LogP contribution in [0.4, 0.5) is 0 Å². The summed E-state index contributed by atoms with van der Waals surface area (Å²) in [4.78, 5) is 12.5. The van der Waals surface area contributed by atoms with Crippen molar-refractivity contribution in [2.75, 3.05) is 19.3 Å². The minimum Gasteiger partial charge on any atom is -0.282 e. The molecule has 0 spiro atoms. The van der Waals surface area contributed by atoms with E-state index in [4.69, 9.17) is 0 Å². The number of rotatable bonds is 4. The second-order valence-electron chi connectivity index (χ2n) is 6.80. The molecular weight excluding hydrogens is 340 g/mol. The molecule has 2 heterocycles. The van der Waals surface area contributed by atoms with Crippen molar-refractivity contribution in [2.24, 2.45) is 7.05 Å². The molecule has 2 aromatic rings. The van der Waals surface area contributed by atoms with Crippen LogP contribution in [0.1, 0.15) is 35.7 Å². The molecule has 8 heteroatoms. The molecule has 0 amide bonds. The van der Waals surface area contributed by atoms with Gasteiger partial charge in [-0.3, -0.25) is 4.57 Å². The molecule has 7 nitrogen and oxygen atoms in total. The first kappa shape index (κ1) is 17.9. The molecule has 25 heavy (non-hydrogen) atoms. The molecule has 3 rings (SSSR count). The van der Waals surface area contributed by atoms with Gasteiger partial charge in [0.1, 0.15) is 5.82 Å². The molecule has 1 fully saturated rings. The van der Waals surface area contributed by atoms with Crippen LogP contribution in [0.3, 0.4) is 0 Å². The summed E-state index contributed by atoms with van der Waals surface area (Å²) >= 11 is 0. The number of aryl methyl sites for hydroxylation is 1. The fourth-order valence-corrected chi connectivity index (χ4v) is 4.20. The Morgan fingerprint density at radius 1 is 1.24 bits per heavy atom. The Balaban J connectivity index is 1.86. The van der Waals surface area contributed by atoms with E-state index in [0.717, 1.165) is 18.4 Å². The number of hydrogen-bond acceptors (Lipinski definition) is 4. The number of benzene rings is 1. The highest BCUT2D eigenvalue weighted by Gasteiger charge is 2.30. The van der Waals surface area contributed by atoms with Crippen molar-refractivity contribution in [1.29, 1.82) is 0 Å². The predicted octanol–water partition coefficient (Wildman–Crippen LogP) is 1.08. The lowest BCUT2D eigenvalue weighted by molar-refractivity contribution is 0.307. The highest BCUT2D eigenvalue weighted by atomic mass is 32.2. The highest BCUT2D eigenvalue weighted by Crippen LogP contribution is 2.26. The first-order valence-corrected chi connectivity index (χ1v) is 10.2. The summed E-state index contributed by atoms with van der Waals surface area (Å²) in [5.74, 6) is 0.603. The largest absolute Gasteiger partial charge is 0.345 e. The number of nitrogens with zero attached hydrogens (tertiary/aromatic N) is 4. The molecule has 0 saturated carbocycles. The Hall–Kier alpha value is -1.93. The maximum Gasteiger partial charge on any atom is 0.345 e. The summed E-state index contributed by atoms with van der Waals surface area (Å²) in [5, 5.41) is 4.51. The van der Waals surface area contributed by atoms with E-state index >= 15 is 0 Å². The van der Waals surface area contributed by atoms with Crippen LogP contribution in [0.15, 0.2) is 29.1 Å². The third-order valence-electron chi connectivity index (χ3n) is 4.75. The van der Waals surface area contributed by atoms with E-state index in [1.54, 1.807) is 11.6 Å². The van der Waals surface area contributed by atoms with Gasteiger partial charge < -0.3 is 0 Å². The van der Waals surface area contributed by atoms with Crippen molar-refractivity contribution in [3.05, 3.63) is 51.7 Å². The van der Waals surface area contributed by atoms with E-state index in [1.165, 1.54) is 20.8 Å². The van der Waals surface area contributed by atoms with Crippen molar-refractivity contribution in [1.82, 2.24) is 18.7 Å². The predicted molar refractivity (Wildman–Crippen MR) is 96.1 cm³/mol. The van der Waals surface area contributed by atoms with Crippen molar-refractivity contribution in [2.45, 2.75) is 32.2 Å². The van der Waals surface area contributed by atoms with Crippen LogP contribution in [0.25, 0.3) is 0 Å². The maximum atomic E-state index is 12.5. The van der Waals surface area contributed by atoms with Crippen LogP contribution in [-0.4, -0.2) is 46.4 Å². The lowest BCUT2D eigenvalue weighted by atomic mass is 9.99. The molecule has 1 aromatic heterocycles. The fourth-order valence-electron chi connectivity index (χ4n) is 3.28. The quantitative estimate of drug-likeness (QED) is 0.813. The Morgan fingerprint density at radius 3 is 2.56 bits per heavy atom. The van der Waals surface area contributed by atoms with Gasteiger partial charge in [0.25, 0.3) is 0 Å². The SMILES string of the molecule is Cc1ccc(Cn2nc(C3CCCN(S(C)(=O)=O)C3)n(C)c2=O)cc1. The summed E-state index contributed by atoms with van der Waals surface area (Å²) in [6, 6.07) is 7.99. The van der Waals surface area contributed by atoms with Crippen LogP contribution in [0, 0.1) is 6.92 Å². The summed E-state index contributed by atoms with van der Waals surface area (Å²) in [5.41, 5.74) is 2.01. The van der Waals surface area contributed by atoms with Crippen LogP contribution in [0.2, 0.25) is 0 Å². The lowest BCUT2D eigenvalue weighted by Crippen LogP contribution is -2.39. The minimum absolute atomic E-state index is 0.0551. The monoisotopic (exact) mass is 364 g/mol. The normalized spacial score (nSPS) is 19.2. The molecule has 1 unspecified atom stereocenters. The summed E-state index contributed by atoms with van der Waals surface area (Å²) < 4.78 is 28.1. The zero-order chi connectivity index (χ0) is 18.2. The smallest absolute Gasteiger partial charge is 0.282 e. The number of hydrogen-bond donors (Lipinski definition) is 0. The molecular formula is C17H24N4O3S. The zero-order valence-electron chi connectivity index (χ0n) is 14.8. The van der Waals surface area contributed by atoms with Crippen LogP contribution in [0.5, 0.6) is 0 Å². The number of piperidine rings is 1. The van der Waals surface area contributed by atoms with E-state index in [-0.39, 0.29) is 11.6 Å². The molecule has 1 aliphatic heterocycles. The second-order valence-corrected chi connectivity index (χ2v) is 8.79. The van der Waals surface area contributed by atoms with E-state index in [2.05, 4.69) is 5.10 Å². The highest BCUT2D eigenvalue weighted by molar-refractivity contribution is 7.88. The molecule has 1 aromatic carbocycles. The van der Waals surface area contributed by atoms with Gasteiger partial charge in [-0.25, -0.2) is 22.2 Å². The van der Waals surface area contributed by atoms with E-state index in [0.29, 0.717) is 25.5 Å². The van der Waals surface area contributed by atoms with Crippen LogP contribution >= 0.6 is 0 Å². The molecule has 1 aliphatic rings. The van der Waals surface area contributed by atoms with Crippen molar-refractivity contribution in [3.8, 4) is 0 Å². The van der Waals surface area contributed by atoms with Gasteiger partial charge in [-0.15, -0.1) is 0 Å². The molecule has 1 saturated heterocycles. The fraction of sp³-hybridized carbons (Fsp3) is 0.529.